The summed E-state index contributed by atoms with van der Waals surface area (Å²) < 4.78 is 12.9. The Morgan fingerprint density at radius 2 is 1.67 bits per heavy atom. The van der Waals surface area contributed by atoms with Gasteiger partial charge in [0.1, 0.15) is 0 Å². The molecule has 1 rings (SSSR count). The second kappa shape index (κ2) is 4.24. The SMILES string of the molecule is O=C(O)C(F)=C1CCCCCC1. The molecule has 1 N–H and O–H groups in total. The maximum Gasteiger partial charge on any atom is 0.364 e. The fourth-order valence-corrected chi connectivity index (χ4v) is 1.53. The smallest absolute Gasteiger partial charge is 0.364 e. The summed E-state index contributed by atoms with van der Waals surface area (Å²) in [6.07, 6.45) is 5.29. The highest BCUT2D eigenvalue weighted by molar-refractivity contribution is 5.84. The summed E-state index contributed by atoms with van der Waals surface area (Å²) in [6, 6.07) is 0. The van der Waals surface area contributed by atoms with Crippen LogP contribution < -0.4 is 0 Å². The molecule has 0 spiro atoms. The lowest BCUT2D eigenvalue weighted by atomic mass is 10.1. The van der Waals surface area contributed by atoms with Gasteiger partial charge in [-0.25, -0.2) is 4.79 Å². The second-order valence-electron chi connectivity index (χ2n) is 3.14. The van der Waals surface area contributed by atoms with Gasteiger partial charge in [-0.3, -0.25) is 0 Å². The third-order valence-electron chi connectivity index (χ3n) is 2.21. The molecule has 0 saturated heterocycles. The van der Waals surface area contributed by atoms with Crippen molar-refractivity contribution in [1.82, 2.24) is 0 Å². The van der Waals surface area contributed by atoms with E-state index in [-0.39, 0.29) is 0 Å². The quantitative estimate of drug-likeness (QED) is 0.487. The molecule has 1 aliphatic carbocycles. The lowest BCUT2D eigenvalue weighted by Crippen LogP contribution is -1.99. The third-order valence-corrected chi connectivity index (χ3v) is 2.21. The van der Waals surface area contributed by atoms with E-state index in [1.807, 2.05) is 0 Å². The Morgan fingerprint density at radius 3 is 2.08 bits per heavy atom. The number of carboxylic acid groups (broad SMARTS) is 1. The van der Waals surface area contributed by atoms with Crippen LogP contribution in [0.25, 0.3) is 0 Å². The summed E-state index contributed by atoms with van der Waals surface area (Å²) in [4.78, 5) is 10.3. The molecular formula is C9H13FO2. The van der Waals surface area contributed by atoms with E-state index in [9.17, 15) is 9.18 Å². The highest BCUT2D eigenvalue weighted by atomic mass is 19.1. The van der Waals surface area contributed by atoms with Gasteiger partial charge in [-0.2, -0.15) is 4.39 Å². The van der Waals surface area contributed by atoms with Crippen molar-refractivity contribution >= 4 is 5.97 Å². The van der Waals surface area contributed by atoms with Gasteiger partial charge in [0.15, 0.2) is 0 Å². The zero-order chi connectivity index (χ0) is 8.97. The normalized spacial score (nSPS) is 18.6. The van der Waals surface area contributed by atoms with Crippen LogP contribution in [0.5, 0.6) is 0 Å². The molecule has 0 aromatic rings. The topological polar surface area (TPSA) is 37.3 Å². The maximum absolute atomic E-state index is 12.9. The maximum atomic E-state index is 12.9. The minimum atomic E-state index is -1.41. The third kappa shape index (κ3) is 2.32. The molecule has 0 aromatic heterocycles. The van der Waals surface area contributed by atoms with Crippen molar-refractivity contribution in [3.63, 3.8) is 0 Å². The van der Waals surface area contributed by atoms with E-state index in [0.717, 1.165) is 25.7 Å². The molecular weight excluding hydrogens is 159 g/mol. The molecule has 68 valence electrons. The lowest BCUT2D eigenvalue weighted by molar-refractivity contribution is -0.134. The van der Waals surface area contributed by atoms with Gasteiger partial charge in [0.2, 0.25) is 5.83 Å². The van der Waals surface area contributed by atoms with Crippen LogP contribution in [0.4, 0.5) is 4.39 Å². The van der Waals surface area contributed by atoms with Crippen molar-refractivity contribution in [3.05, 3.63) is 11.4 Å². The first-order valence-electron chi connectivity index (χ1n) is 4.32. The van der Waals surface area contributed by atoms with Crippen LogP contribution in [0.3, 0.4) is 0 Å². The van der Waals surface area contributed by atoms with E-state index in [1.165, 1.54) is 0 Å². The number of hydrogen-bond acceptors (Lipinski definition) is 1. The number of rotatable bonds is 1. The number of hydrogen-bond donors (Lipinski definition) is 1. The molecule has 12 heavy (non-hydrogen) atoms. The fraction of sp³-hybridized carbons (Fsp3) is 0.667. The number of aliphatic carboxylic acids is 1. The Kier molecular flexibility index (Phi) is 3.26. The molecule has 3 heteroatoms. The Labute approximate surface area is 71.1 Å². The number of carboxylic acids is 1. The Bertz CT molecular complexity index is 199. The Balaban J connectivity index is 2.69. The van der Waals surface area contributed by atoms with Crippen molar-refractivity contribution < 1.29 is 14.3 Å². The van der Waals surface area contributed by atoms with Gasteiger partial charge in [0, 0.05) is 0 Å². The van der Waals surface area contributed by atoms with Gasteiger partial charge in [-0.05, 0) is 31.3 Å². The molecule has 2 nitrogen and oxygen atoms in total. The van der Waals surface area contributed by atoms with Crippen molar-refractivity contribution in [3.8, 4) is 0 Å². The summed E-state index contributed by atoms with van der Waals surface area (Å²) in [5.74, 6) is -2.33. The summed E-state index contributed by atoms with van der Waals surface area (Å²) >= 11 is 0. The standard InChI is InChI=1S/C9H13FO2/c10-8(9(11)12)7-5-3-1-2-4-6-7/h1-6H2,(H,11,12). The molecule has 0 amide bonds. The Morgan fingerprint density at radius 1 is 1.17 bits per heavy atom. The molecule has 0 heterocycles. The van der Waals surface area contributed by atoms with Crippen LogP contribution in [0.15, 0.2) is 11.4 Å². The Hall–Kier alpha value is -0.860. The molecule has 0 radical (unpaired) electrons. The summed E-state index contributed by atoms with van der Waals surface area (Å²) in [6.45, 7) is 0. The van der Waals surface area contributed by atoms with Gasteiger partial charge in [-0.15, -0.1) is 0 Å². The largest absolute Gasteiger partial charge is 0.476 e. The van der Waals surface area contributed by atoms with Crippen LogP contribution in [0, 0.1) is 0 Å². The first kappa shape index (κ1) is 9.23. The van der Waals surface area contributed by atoms with Gasteiger partial charge in [0.05, 0.1) is 0 Å². The van der Waals surface area contributed by atoms with Gasteiger partial charge >= 0.3 is 5.97 Å². The predicted molar refractivity (Wildman–Crippen MR) is 43.5 cm³/mol. The predicted octanol–water partition coefficient (Wildman–Crippen LogP) is 2.65. The summed E-state index contributed by atoms with van der Waals surface area (Å²) in [7, 11) is 0. The van der Waals surface area contributed by atoms with Crippen molar-refractivity contribution in [2.24, 2.45) is 0 Å². The van der Waals surface area contributed by atoms with E-state index >= 15 is 0 Å². The van der Waals surface area contributed by atoms with Crippen LogP contribution in [0.2, 0.25) is 0 Å². The fourth-order valence-electron chi connectivity index (χ4n) is 1.53. The van der Waals surface area contributed by atoms with Crippen LogP contribution in [-0.4, -0.2) is 11.1 Å². The van der Waals surface area contributed by atoms with Gasteiger partial charge in [-0.1, -0.05) is 12.8 Å². The minimum absolute atomic E-state index is 0.500. The van der Waals surface area contributed by atoms with Crippen molar-refractivity contribution in [2.75, 3.05) is 0 Å². The number of allylic oxidation sites excluding steroid dienone is 1. The van der Waals surface area contributed by atoms with Crippen molar-refractivity contribution in [1.29, 1.82) is 0 Å². The molecule has 1 aliphatic rings. The van der Waals surface area contributed by atoms with Crippen LogP contribution in [-0.2, 0) is 4.79 Å². The van der Waals surface area contributed by atoms with Crippen LogP contribution in [0.1, 0.15) is 38.5 Å². The van der Waals surface area contributed by atoms with E-state index < -0.39 is 11.8 Å². The first-order chi connectivity index (χ1) is 5.72. The highest BCUT2D eigenvalue weighted by Crippen LogP contribution is 2.25. The average Bonchev–Trinajstić information content (AvgIpc) is 2.30. The monoisotopic (exact) mass is 172 g/mol. The lowest BCUT2D eigenvalue weighted by Gasteiger charge is -2.01. The molecule has 1 fully saturated rings. The summed E-state index contributed by atoms with van der Waals surface area (Å²) in [5.41, 5.74) is 0.500. The summed E-state index contributed by atoms with van der Waals surface area (Å²) in [5, 5.41) is 8.39. The molecule has 0 unspecified atom stereocenters. The zero-order valence-corrected chi connectivity index (χ0v) is 6.98. The van der Waals surface area contributed by atoms with Gasteiger partial charge in [0.25, 0.3) is 0 Å². The zero-order valence-electron chi connectivity index (χ0n) is 6.98. The minimum Gasteiger partial charge on any atom is -0.476 e. The molecule has 0 aliphatic heterocycles. The van der Waals surface area contributed by atoms with E-state index in [4.69, 9.17) is 5.11 Å². The van der Waals surface area contributed by atoms with Crippen LogP contribution >= 0.6 is 0 Å². The number of halogens is 1. The molecule has 0 bridgehead atoms. The van der Waals surface area contributed by atoms with Gasteiger partial charge < -0.3 is 5.11 Å². The van der Waals surface area contributed by atoms with E-state index in [0.29, 0.717) is 18.4 Å². The van der Waals surface area contributed by atoms with E-state index in [2.05, 4.69) is 0 Å². The number of carbonyl (C=O) groups is 1. The molecule has 1 saturated carbocycles. The van der Waals surface area contributed by atoms with Crippen molar-refractivity contribution in [2.45, 2.75) is 38.5 Å². The first-order valence-corrected chi connectivity index (χ1v) is 4.32. The average molecular weight is 172 g/mol. The highest BCUT2D eigenvalue weighted by Gasteiger charge is 2.15. The second-order valence-corrected chi connectivity index (χ2v) is 3.14. The molecule has 0 aromatic carbocycles. The molecule has 0 atom stereocenters. The van der Waals surface area contributed by atoms with E-state index in [1.54, 1.807) is 0 Å².